The van der Waals surface area contributed by atoms with Crippen molar-refractivity contribution in [3.63, 3.8) is 0 Å². The number of benzene rings is 1. The smallest absolute Gasteiger partial charge is 0.203 e. The van der Waals surface area contributed by atoms with E-state index in [2.05, 4.69) is 20.9 Å². The number of imidazole rings is 1. The minimum Gasteiger partial charge on any atom is -0.393 e. The average Bonchev–Trinajstić information content (AvgIpc) is 2.76. The lowest BCUT2D eigenvalue weighted by Crippen LogP contribution is -2.24. The fourth-order valence-electron chi connectivity index (χ4n) is 2.89. The second kappa shape index (κ2) is 5.21. The van der Waals surface area contributed by atoms with Crippen LogP contribution in [0.25, 0.3) is 11.0 Å². The molecule has 1 fully saturated rings. The maximum Gasteiger partial charge on any atom is 0.203 e. The van der Waals surface area contributed by atoms with Gasteiger partial charge in [0.1, 0.15) is 0 Å². The summed E-state index contributed by atoms with van der Waals surface area (Å²) < 4.78 is 2.10. The molecule has 1 aliphatic carbocycles. The first kappa shape index (κ1) is 12.5. The van der Waals surface area contributed by atoms with E-state index in [0.717, 1.165) is 49.2 Å². The number of nitrogens with zero attached hydrogens (tertiary/aromatic N) is 2. The molecule has 1 aromatic carbocycles. The highest BCUT2D eigenvalue weighted by atomic mass is 16.3. The molecule has 3 rings (SSSR count). The third-order valence-electron chi connectivity index (χ3n) is 4.15. The lowest BCUT2D eigenvalue weighted by molar-refractivity contribution is 0.111. The highest BCUT2D eigenvalue weighted by Gasteiger charge is 2.19. The van der Waals surface area contributed by atoms with Gasteiger partial charge in [-0.1, -0.05) is 12.1 Å². The van der Waals surface area contributed by atoms with Crippen molar-refractivity contribution in [2.24, 2.45) is 13.0 Å². The van der Waals surface area contributed by atoms with Crippen LogP contribution in [0.2, 0.25) is 0 Å². The minimum absolute atomic E-state index is 0.0769. The molecule has 4 heteroatoms. The number of anilines is 1. The quantitative estimate of drug-likeness (QED) is 0.890. The molecular formula is C15H21N3O. The van der Waals surface area contributed by atoms with Crippen LogP contribution in [0, 0.1) is 5.92 Å². The number of rotatable bonds is 3. The van der Waals surface area contributed by atoms with E-state index in [4.69, 9.17) is 0 Å². The molecule has 0 aliphatic heterocycles. The molecule has 0 bridgehead atoms. The predicted octanol–water partition coefficient (Wildman–Crippen LogP) is 2.54. The summed E-state index contributed by atoms with van der Waals surface area (Å²) in [4.78, 5) is 4.61. The fourth-order valence-corrected chi connectivity index (χ4v) is 2.89. The van der Waals surface area contributed by atoms with Crippen molar-refractivity contribution in [2.45, 2.75) is 31.8 Å². The number of para-hydroxylation sites is 2. The Hall–Kier alpha value is -1.55. The van der Waals surface area contributed by atoms with Gasteiger partial charge >= 0.3 is 0 Å². The zero-order chi connectivity index (χ0) is 13.2. The number of aromatic nitrogens is 2. The van der Waals surface area contributed by atoms with Gasteiger partial charge in [0, 0.05) is 13.6 Å². The standard InChI is InChI=1S/C15H21N3O/c1-18-14-5-3-2-4-13(14)17-15(18)16-10-11-6-8-12(19)9-7-11/h2-5,11-12,19H,6-10H2,1H3,(H,16,17). The van der Waals surface area contributed by atoms with E-state index in [9.17, 15) is 5.11 Å². The van der Waals surface area contributed by atoms with Gasteiger partial charge in [-0.15, -0.1) is 0 Å². The fraction of sp³-hybridized carbons (Fsp3) is 0.533. The summed E-state index contributed by atoms with van der Waals surface area (Å²) in [5.41, 5.74) is 2.19. The van der Waals surface area contributed by atoms with Gasteiger partial charge in [0.25, 0.3) is 0 Å². The zero-order valence-corrected chi connectivity index (χ0v) is 11.3. The Kier molecular flexibility index (Phi) is 3.42. The van der Waals surface area contributed by atoms with Crippen molar-refractivity contribution in [1.29, 1.82) is 0 Å². The molecule has 0 saturated heterocycles. The maximum atomic E-state index is 9.51. The average molecular weight is 259 g/mol. The normalized spacial score (nSPS) is 23.7. The number of aryl methyl sites for hydroxylation is 1. The summed E-state index contributed by atoms with van der Waals surface area (Å²) in [5, 5.41) is 13.0. The van der Waals surface area contributed by atoms with E-state index in [1.54, 1.807) is 0 Å². The second-order valence-corrected chi connectivity index (χ2v) is 5.54. The summed E-state index contributed by atoms with van der Waals surface area (Å²) in [6, 6.07) is 8.18. The molecule has 1 saturated carbocycles. The minimum atomic E-state index is -0.0769. The maximum absolute atomic E-state index is 9.51. The number of aliphatic hydroxyl groups is 1. The van der Waals surface area contributed by atoms with Gasteiger partial charge in [0.05, 0.1) is 17.1 Å². The van der Waals surface area contributed by atoms with Crippen LogP contribution >= 0.6 is 0 Å². The number of hydrogen-bond acceptors (Lipinski definition) is 3. The molecule has 0 atom stereocenters. The molecule has 19 heavy (non-hydrogen) atoms. The molecule has 1 aromatic heterocycles. The lowest BCUT2D eigenvalue weighted by Gasteiger charge is -2.25. The molecule has 0 amide bonds. The van der Waals surface area contributed by atoms with Gasteiger partial charge in [-0.3, -0.25) is 0 Å². The van der Waals surface area contributed by atoms with E-state index in [-0.39, 0.29) is 6.10 Å². The first-order valence-electron chi connectivity index (χ1n) is 7.07. The molecule has 102 valence electrons. The van der Waals surface area contributed by atoms with Crippen molar-refractivity contribution in [3.8, 4) is 0 Å². The van der Waals surface area contributed by atoms with Gasteiger partial charge in [-0.05, 0) is 43.7 Å². The molecule has 4 nitrogen and oxygen atoms in total. The monoisotopic (exact) mass is 259 g/mol. The SMILES string of the molecule is Cn1c(NCC2CCC(O)CC2)nc2ccccc21. The van der Waals surface area contributed by atoms with E-state index in [1.807, 2.05) is 25.2 Å². The lowest BCUT2D eigenvalue weighted by atomic mass is 9.87. The predicted molar refractivity (Wildman–Crippen MR) is 77.2 cm³/mol. The Balaban J connectivity index is 1.67. The second-order valence-electron chi connectivity index (χ2n) is 5.54. The largest absolute Gasteiger partial charge is 0.393 e. The van der Waals surface area contributed by atoms with Crippen LogP contribution in [-0.2, 0) is 7.05 Å². The Morgan fingerprint density at radius 1 is 1.26 bits per heavy atom. The topological polar surface area (TPSA) is 50.1 Å². The molecule has 2 N–H and O–H groups in total. The Morgan fingerprint density at radius 3 is 2.74 bits per heavy atom. The Labute approximate surface area is 113 Å². The van der Waals surface area contributed by atoms with Crippen molar-refractivity contribution in [3.05, 3.63) is 24.3 Å². The van der Waals surface area contributed by atoms with Crippen LogP contribution in [0.5, 0.6) is 0 Å². The third kappa shape index (κ3) is 2.59. The molecule has 0 spiro atoms. The molecule has 1 aliphatic rings. The molecule has 1 heterocycles. The molecule has 0 unspecified atom stereocenters. The van der Waals surface area contributed by atoms with E-state index in [1.165, 1.54) is 0 Å². The van der Waals surface area contributed by atoms with Crippen molar-refractivity contribution in [2.75, 3.05) is 11.9 Å². The highest BCUT2D eigenvalue weighted by Crippen LogP contribution is 2.25. The van der Waals surface area contributed by atoms with E-state index in [0.29, 0.717) is 5.92 Å². The van der Waals surface area contributed by atoms with Crippen molar-refractivity contribution in [1.82, 2.24) is 9.55 Å². The van der Waals surface area contributed by atoms with Crippen molar-refractivity contribution >= 4 is 17.0 Å². The Morgan fingerprint density at radius 2 is 2.00 bits per heavy atom. The van der Waals surface area contributed by atoms with Crippen LogP contribution in [0.4, 0.5) is 5.95 Å². The van der Waals surface area contributed by atoms with Crippen molar-refractivity contribution < 1.29 is 5.11 Å². The molecular weight excluding hydrogens is 238 g/mol. The number of fused-ring (bicyclic) bond motifs is 1. The first-order valence-corrected chi connectivity index (χ1v) is 7.07. The summed E-state index contributed by atoms with van der Waals surface area (Å²) in [6.45, 7) is 0.948. The van der Waals surface area contributed by atoms with Gasteiger partial charge in [-0.2, -0.15) is 0 Å². The van der Waals surface area contributed by atoms with Crippen LogP contribution < -0.4 is 5.32 Å². The summed E-state index contributed by atoms with van der Waals surface area (Å²) in [7, 11) is 2.04. The van der Waals surface area contributed by atoms with Gasteiger partial charge in [0.2, 0.25) is 5.95 Å². The Bertz CT molecular complexity index is 556. The molecule has 2 aromatic rings. The zero-order valence-electron chi connectivity index (χ0n) is 11.3. The van der Waals surface area contributed by atoms with Crippen LogP contribution in [0.1, 0.15) is 25.7 Å². The number of nitrogens with one attached hydrogen (secondary N) is 1. The highest BCUT2D eigenvalue weighted by molar-refractivity contribution is 5.78. The summed E-state index contributed by atoms with van der Waals surface area (Å²) in [6.07, 6.45) is 4.02. The number of hydrogen-bond donors (Lipinski definition) is 2. The summed E-state index contributed by atoms with van der Waals surface area (Å²) in [5.74, 6) is 1.59. The van der Waals surface area contributed by atoms with Gasteiger partial charge < -0.3 is 15.0 Å². The summed E-state index contributed by atoms with van der Waals surface area (Å²) >= 11 is 0. The van der Waals surface area contributed by atoms with Crippen LogP contribution in [-0.4, -0.2) is 27.3 Å². The first-order chi connectivity index (χ1) is 9.24. The molecule has 0 radical (unpaired) electrons. The van der Waals surface area contributed by atoms with Gasteiger partial charge in [-0.25, -0.2) is 4.98 Å². The number of aliphatic hydroxyl groups excluding tert-OH is 1. The van der Waals surface area contributed by atoms with Gasteiger partial charge in [0.15, 0.2) is 0 Å². The van der Waals surface area contributed by atoms with E-state index < -0.39 is 0 Å². The third-order valence-corrected chi connectivity index (χ3v) is 4.15. The van der Waals surface area contributed by atoms with E-state index >= 15 is 0 Å². The van der Waals surface area contributed by atoms with Crippen LogP contribution in [0.3, 0.4) is 0 Å². The van der Waals surface area contributed by atoms with Crippen LogP contribution in [0.15, 0.2) is 24.3 Å².